The van der Waals surface area contributed by atoms with Gasteiger partial charge in [-0.25, -0.2) is 5.43 Å². The summed E-state index contributed by atoms with van der Waals surface area (Å²) in [5, 5.41) is 14.4. The second-order valence-electron chi connectivity index (χ2n) is 4.59. The number of nitro benzene ring substituents is 1. The van der Waals surface area contributed by atoms with Crippen molar-refractivity contribution >= 4 is 17.8 Å². The number of methoxy groups -OCH3 is 2. The zero-order valence-corrected chi connectivity index (χ0v) is 13.1. The van der Waals surface area contributed by atoms with Crippen molar-refractivity contribution in [3.63, 3.8) is 0 Å². The molecule has 124 valence electrons. The van der Waals surface area contributed by atoms with Gasteiger partial charge in [0.05, 0.1) is 25.4 Å². The summed E-state index contributed by atoms with van der Waals surface area (Å²) >= 11 is 0. The number of hydrazone groups is 1. The van der Waals surface area contributed by atoms with Gasteiger partial charge in [0.15, 0.2) is 0 Å². The van der Waals surface area contributed by atoms with Crippen LogP contribution in [0, 0.1) is 10.1 Å². The molecular formula is C16H15N3O5. The Labute approximate surface area is 137 Å². The van der Waals surface area contributed by atoms with Gasteiger partial charge < -0.3 is 9.47 Å². The Kier molecular flexibility index (Phi) is 5.45. The van der Waals surface area contributed by atoms with Gasteiger partial charge in [-0.15, -0.1) is 0 Å². The van der Waals surface area contributed by atoms with Gasteiger partial charge in [-0.3, -0.25) is 14.9 Å². The molecule has 0 aliphatic heterocycles. The molecule has 1 N–H and O–H groups in total. The van der Waals surface area contributed by atoms with Crippen molar-refractivity contribution in [1.82, 2.24) is 5.43 Å². The molecule has 0 saturated carbocycles. The molecule has 0 fully saturated rings. The van der Waals surface area contributed by atoms with Crippen molar-refractivity contribution in [3.05, 3.63) is 63.7 Å². The van der Waals surface area contributed by atoms with Crippen LogP contribution in [0.4, 0.5) is 5.69 Å². The molecule has 0 heterocycles. The summed E-state index contributed by atoms with van der Waals surface area (Å²) in [7, 11) is 2.90. The summed E-state index contributed by atoms with van der Waals surface area (Å²) < 4.78 is 10.3. The quantitative estimate of drug-likeness (QED) is 0.498. The van der Waals surface area contributed by atoms with Gasteiger partial charge in [0.2, 0.25) is 0 Å². The summed E-state index contributed by atoms with van der Waals surface area (Å²) in [6.07, 6.45) is 1.38. The molecule has 0 unspecified atom stereocenters. The Balaban J connectivity index is 2.12. The number of nitrogens with one attached hydrogen (secondary N) is 1. The zero-order valence-electron chi connectivity index (χ0n) is 13.1. The van der Waals surface area contributed by atoms with Gasteiger partial charge in [-0.1, -0.05) is 6.07 Å². The highest BCUT2D eigenvalue weighted by Crippen LogP contribution is 2.27. The lowest BCUT2D eigenvalue weighted by atomic mass is 10.1. The average Bonchev–Trinajstić information content (AvgIpc) is 2.61. The maximum atomic E-state index is 12.3. The average molecular weight is 329 g/mol. The third-order valence-corrected chi connectivity index (χ3v) is 3.14. The minimum Gasteiger partial charge on any atom is -0.496 e. The van der Waals surface area contributed by atoms with E-state index in [1.165, 1.54) is 44.7 Å². The number of carbonyl (C=O) groups is 1. The molecule has 8 nitrogen and oxygen atoms in total. The SMILES string of the molecule is COc1cccc(OC)c1C(=O)N/N=C/c1ccc([N+](=O)[O-])cc1. The van der Waals surface area contributed by atoms with E-state index < -0.39 is 10.8 Å². The first-order valence-corrected chi connectivity index (χ1v) is 6.85. The Bertz CT molecular complexity index is 750. The minimum atomic E-state index is -0.498. The van der Waals surface area contributed by atoms with E-state index in [1.807, 2.05) is 0 Å². The topological polar surface area (TPSA) is 103 Å². The number of amides is 1. The van der Waals surface area contributed by atoms with Crippen molar-refractivity contribution in [2.24, 2.45) is 5.10 Å². The number of nitrogens with zero attached hydrogens (tertiary/aromatic N) is 2. The highest BCUT2D eigenvalue weighted by atomic mass is 16.6. The number of non-ortho nitro benzene ring substituents is 1. The second-order valence-corrected chi connectivity index (χ2v) is 4.59. The standard InChI is InChI=1S/C16H15N3O5/c1-23-13-4-3-5-14(24-2)15(13)16(20)18-17-10-11-6-8-12(9-7-11)19(21)22/h3-10H,1-2H3,(H,18,20)/b17-10+. The number of carbonyl (C=O) groups excluding carboxylic acids is 1. The lowest BCUT2D eigenvalue weighted by Gasteiger charge is -2.11. The largest absolute Gasteiger partial charge is 0.496 e. The van der Waals surface area contributed by atoms with E-state index in [9.17, 15) is 14.9 Å². The summed E-state index contributed by atoms with van der Waals surface area (Å²) in [4.78, 5) is 22.4. The number of benzene rings is 2. The molecule has 0 aliphatic carbocycles. The molecule has 2 aromatic carbocycles. The van der Waals surface area contributed by atoms with Crippen LogP contribution in [0.1, 0.15) is 15.9 Å². The molecule has 0 atom stereocenters. The lowest BCUT2D eigenvalue weighted by molar-refractivity contribution is -0.384. The highest BCUT2D eigenvalue weighted by Gasteiger charge is 2.17. The maximum Gasteiger partial charge on any atom is 0.278 e. The van der Waals surface area contributed by atoms with Gasteiger partial charge in [-0.2, -0.15) is 5.10 Å². The molecule has 2 aromatic rings. The number of hydrogen-bond donors (Lipinski definition) is 1. The fourth-order valence-electron chi connectivity index (χ4n) is 1.98. The molecular weight excluding hydrogens is 314 g/mol. The predicted molar refractivity (Wildman–Crippen MR) is 87.7 cm³/mol. The van der Waals surface area contributed by atoms with Crippen molar-refractivity contribution in [2.45, 2.75) is 0 Å². The summed E-state index contributed by atoms with van der Waals surface area (Å²) in [6, 6.07) is 10.7. The van der Waals surface area contributed by atoms with E-state index in [0.29, 0.717) is 17.1 Å². The Morgan fingerprint density at radius 2 is 1.71 bits per heavy atom. The van der Waals surface area contributed by atoms with Gasteiger partial charge in [0, 0.05) is 12.1 Å². The molecule has 0 aliphatic rings. The first-order chi connectivity index (χ1) is 11.6. The molecule has 8 heteroatoms. The van der Waals surface area contributed by atoms with Crippen LogP contribution in [-0.2, 0) is 0 Å². The van der Waals surface area contributed by atoms with Crippen LogP contribution < -0.4 is 14.9 Å². The summed E-state index contributed by atoms with van der Waals surface area (Å²) in [6.45, 7) is 0. The molecule has 0 radical (unpaired) electrons. The molecule has 0 aromatic heterocycles. The van der Waals surface area contributed by atoms with E-state index in [2.05, 4.69) is 10.5 Å². The third-order valence-electron chi connectivity index (χ3n) is 3.14. The van der Waals surface area contributed by atoms with Crippen LogP contribution in [0.2, 0.25) is 0 Å². The van der Waals surface area contributed by atoms with Crippen LogP contribution in [-0.4, -0.2) is 31.3 Å². The van der Waals surface area contributed by atoms with Crippen LogP contribution in [0.25, 0.3) is 0 Å². The normalized spacial score (nSPS) is 10.4. The third kappa shape index (κ3) is 3.86. The monoisotopic (exact) mass is 329 g/mol. The van der Waals surface area contributed by atoms with E-state index in [1.54, 1.807) is 18.2 Å². The van der Waals surface area contributed by atoms with Gasteiger partial charge in [-0.05, 0) is 29.8 Å². The zero-order chi connectivity index (χ0) is 17.5. The fraction of sp³-hybridized carbons (Fsp3) is 0.125. The van der Waals surface area contributed by atoms with E-state index in [4.69, 9.17) is 9.47 Å². The van der Waals surface area contributed by atoms with E-state index in [-0.39, 0.29) is 11.3 Å². The van der Waals surface area contributed by atoms with Gasteiger partial charge in [0.1, 0.15) is 17.1 Å². The Morgan fingerprint density at radius 3 is 2.21 bits per heavy atom. The fourth-order valence-corrected chi connectivity index (χ4v) is 1.98. The summed E-state index contributed by atoms with van der Waals surface area (Å²) in [5.41, 5.74) is 3.18. The first kappa shape index (κ1) is 16.9. The molecule has 2 rings (SSSR count). The number of hydrogen-bond acceptors (Lipinski definition) is 6. The highest BCUT2D eigenvalue weighted by molar-refractivity contribution is 6.00. The molecule has 1 amide bonds. The molecule has 0 bridgehead atoms. The Morgan fingerprint density at radius 1 is 1.12 bits per heavy atom. The Hall–Kier alpha value is -3.42. The number of nitro groups is 1. The van der Waals surface area contributed by atoms with Crippen molar-refractivity contribution in [3.8, 4) is 11.5 Å². The minimum absolute atomic E-state index is 0.0186. The van der Waals surface area contributed by atoms with Crippen LogP contribution in [0.3, 0.4) is 0 Å². The second kappa shape index (κ2) is 7.73. The molecule has 0 saturated heterocycles. The number of ether oxygens (including phenoxy) is 2. The number of rotatable bonds is 6. The van der Waals surface area contributed by atoms with Gasteiger partial charge >= 0.3 is 0 Å². The van der Waals surface area contributed by atoms with Crippen LogP contribution in [0.15, 0.2) is 47.6 Å². The van der Waals surface area contributed by atoms with E-state index >= 15 is 0 Å². The van der Waals surface area contributed by atoms with E-state index in [0.717, 1.165) is 0 Å². The van der Waals surface area contributed by atoms with Crippen LogP contribution >= 0.6 is 0 Å². The first-order valence-electron chi connectivity index (χ1n) is 6.85. The molecule has 24 heavy (non-hydrogen) atoms. The predicted octanol–water partition coefficient (Wildman–Crippen LogP) is 2.38. The van der Waals surface area contributed by atoms with Crippen molar-refractivity contribution in [2.75, 3.05) is 14.2 Å². The van der Waals surface area contributed by atoms with Crippen LogP contribution in [0.5, 0.6) is 11.5 Å². The lowest BCUT2D eigenvalue weighted by Crippen LogP contribution is -2.19. The molecule has 0 spiro atoms. The van der Waals surface area contributed by atoms with Crippen molar-refractivity contribution in [1.29, 1.82) is 0 Å². The smallest absolute Gasteiger partial charge is 0.278 e. The van der Waals surface area contributed by atoms with Crippen molar-refractivity contribution < 1.29 is 19.2 Å². The van der Waals surface area contributed by atoms with Gasteiger partial charge in [0.25, 0.3) is 11.6 Å². The maximum absolute atomic E-state index is 12.3. The summed E-state index contributed by atoms with van der Waals surface area (Å²) in [5.74, 6) is 0.220.